The maximum Gasteiger partial charge on any atom is 0.333 e. The summed E-state index contributed by atoms with van der Waals surface area (Å²) in [6.07, 6.45) is 2.55. The van der Waals surface area contributed by atoms with Crippen molar-refractivity contribution in [1.82, 2.24) is 0 Å². The SMILES string of the molecule is C=C1CCC(CC)OCC(C)OC1=O. The van der Waals surface area contributed by atoms with Gasteiger partial charge in [0, 0.05) is 5.57 Å². The Morgan fingerprint density at radius 2 is 2.29 bits per heavy atom. The lowest BCUT2D eigenvalue weighted by Gasteiger charge is -2.16. The van der Waals surface area contributed by atoms with Crippen LogP contribution >= 0.6 is 0 Å². The van der Waals surface area contributed by atoms with Crippen LogP contribution in [0.25, 0.3) is 0 Å². The molecule has 0 saturated carbocycles. The molecule has 0 N–H and O–H groups in total. The smallest absolute Gasteiger partial charge is 0.333 e. The van der Waals surface area contributed by atoms with Gasteiger partial charge in [-0.3, -0.25) is 0 Å². The topological polar surface area (TPSA) is 35.5 Å². The molecule has 1 saturated heterocycles. The molecule has 1 fully saturated rings. The molecular weight excluding hydrogens is 180 g/mol. The number of carbonyl (C=O) groups excluding carboxylic acids is 1. The van der Waals surface area contributed by atoms with Crippen LogP contribution in [0.15, 0.2) is 12.2 Å². The molecule has 0 aliphatic carbocycles. The Morgan fingerprint density at radius 1 is 1.57 bits per heavy atom. The molecule has 0 bridgehead atoms. The van der Waals surface area contributed by atoms with E-state index < -0.39 is 0 Å². The molecule has 1 rings (SSSR count). The van der Waals surface area contributed by atoms with Crippen LogP contribution < -0.4 is 0 Å². The predicted molar refractivity (Wildman–Crippen MR) is 54.0 cm³/mol. The van der Waals surface area contributed by atoms with Crippen molar-refractivity contribution < 1.29 is 14.3 Å². The van der Waals surface area contributed by atoms with Crippen LogP contribution in [0, 0.1) is 0 Å². The zero-order chi connectivity index (χ0) is 10.6. The second-order valence-corrected chi connectivity index (χ2v) is 3.72. The summed E-state index contributed by atoms with van der Waals surface area (Å²) in [5.74, 6) is -0.280. The van der Waals surface area contributed by atoms with Gasteiger partial charge in [-0.05, 0) is 26.2 Å². The fraction of sp³-hybridized carbons (Fsp3) is 0.727. The molecule has 1 aliphatic rings. The largest absolute Gasteiger partial charge is 0.457 e. The molecule has 0 amide bonds. The van der Waals surface area contributed by atoms with Crippen LogP contribution in [-0.2, 0) is 14.3 Å². The number of hydrogen-bond acceptors (Lipinski definition) is 3. The minimum Gasteiger partial charge on any atom is -0.457 e. The van der Waals surface area contributed by atoms with Crippen LogP contribution in [0.2, 0.25) is 0 Å². The molecular formula is C11H18O3. The Labute approximate surface area is 85.1 Å². The van der Waals surface area contributed by atoms with Gasteiger partial charge in [0.15, 0.2) is 0 Å². The van der Waals surface area contributed by atoms with Crippen LogP contribution in [0.4, 0.5) is 0 Å². The Bertz CT molecular complexity index is 223. The van der Waals surface area contributed by atoms with E-state index in [1.165, 1.54) is 0 Å². The third-order valence-electron chi connectivity index (χ3n) is 2.39. The maximum atomic E-state index is 11.3. The fourth-order valence-electron chi connectivity index (χ4n) is 1.41. The van der Waals surface area contributed by atoms with Gasteiger partial charge in [-0.15, -0.1) is 0 Å². The molecule has 14 heavy (non-hydrogen) atoms. The molecule has 3 nitrogen and oxygen atoms in total. The predicted octanol–water partition coefficient (Wildman–Crippen LogP) is 2.06. The number of carbonyl (C=O) groups is 1. The Balaban J connectivity index is 2.59. The van der Waals surface area contributed by atoms with Gasteiger partial charge in [-0.2, -0.15) is 0 Å². The summed E-state index contributed by atoms with van der Waals surface area (Å²) < 4.78 is 10.7. The van der Waals surface area contributed by atoms with Crippen LogP contribution in [0.3, 0.4) is 0 Å². The van der Waals surface area contributed by atoms with Gasteiger partial charge >= 0.3 is 5.97 Å². The van der Waals surface area contributed by atoms with E-state index in [-0.39, 0.29) is 18.2 Å². The van der Waals surface area contributed by atoms with Gasteiger partial charge in [0.05, 0.1) is 12.7 Å². The van der Waals surface area contributed by atoms with E-state index in [0.29, 0.717) is 18.6 Å². The first-order valence-corrected chi connectivity index (χ1v) is 5.13. The van der Waals surface area contributed by atoms with Crippen LogP contribution in [0.5, 0.6) is 0 Å². The summed E-state index contributed by atoms with van der Waals surface area (Å²) in [7, 11) is 0. The van der Waals surface area contributed by atoms with Gasteiger partial charge < -0.3 is 9.47 Å². The Kier molecular flexibility index (Phi) is 4.14. The lowest BCUT2D eigenvalue weighted by Crippen LogP contribution is -2.22. The third kappa shape index (κ3) is 3.14. The average Bonchev–Trinajstić information content (AvgIpc) is 2.21. The summed E-state index contributed by atoms with van der Waals surface area (Å²) in [6, 6.07) is 0. The molecule has 0 aromatic heterocycles. The molecule has 0 radical (unpaired) electrons. The minimum atomic E-state index is -0.280. The summed E-state index contributed by atoms with van der Waals surface area (Å²) in [6.45, 7) is 8.11. The first-order valence-electron chi connectivity index (χ1n) is 5.13. The highest BCUT2D eigenvalue weighted by Gasteiger charge is 2.19. The Hall–Kier alpha value is -0.830. The summed E-state index contributed by atoms with van der Waals surface area (Å²) in [5, 5.41) is 0. The lowest BCUT2D eigenvalue weighted by molar-refractivity contribution is -0.146. The van der Waals surface area contributed by atoms with E-state index in [9.17, 15) is 4.79 Å². The second kappa shape index (κ2) is 5.15. The van der Waals surface area contributed by atoms with E-state index in [0.717, 1.165) is 12.8 Å². The highest BCUT2D eigenvalue weighted by Crippen LogP contribution is 2.16. The van der Waals surface area contributed by atoms with E-state index in [1.807, 2.05) is 6.92 Å². The molecule has 2 atom stereocenters. The minimum absolute atomic E-state index is 0.175. The average molecular weight is 198 g/mol. The number of rotatable bonds is 1. The molecule has 0 spiro atoms. The summed E-state index contributed by atoms with van der Waals surface area (Å²) in [4.78, 5) is 11.3. The number of esters is 1. The normalized spacial score (nSPS) is 30.1. The highest BCUT2D eigenvalue weighted by atomic mass is 16.6. The molecule has 1 heterocycles. The maximum absolute atomic E-state index is 11.3. The van der Waals surface area contributed by atoms with Crippen molar-refractivity contribution in [3.63, 3.8) is 0 Å². The number of hydrogen-bond donors (Lipinski definition) is 0. The fourth-order valence-corrected chi connectivity index (χ4v) is 1.41. The van der Waals surface area contributed by atoms with Crippen molar-refractivity contribution in [2.24, 2.45) is 0 Å². The molecule has 3 heteroatoms. The van der Waals surface area contributed by atoms with E-state index >= 15 is 0 Å². The van der Waals surface area contributed by atoms with Gasteiger partial charge in [-0.1, -0.05) is 13.5 Å². The monoisotopic (exact) mass is 198 g/mol. The van der Waals surface area contributed by atoms with Crippen LogP contribution in [0.1, 0.15) is 33.1 Å². The third-order valence-corrected chi connectivity index (χ3v) is 2.39. The molecule has 0 aromatic rings. The van der Waals surface area contributed by atoms with Gasteiger partial charge in [-0.25, -0.2) is 4.79 Å². The van der Waals surface area contributed by atoms with Gasteiger partial charge in [0.25, 0.3) is 0 Å². The standard InChI is InChI=1S/C11H18O3/c1-4-10-6-5-8(2)11(12)14-9(3)7-13-10/h9-10H,2,4-7H2,1,3H3. The summed E-state index contributed by atoms with van der Waals surface area (Å²) >= 11 is 0. The van der Waals surface area contributed by atoms with E-state index in [4.69, 9.17) is 9.47 Å². The molecule has 80 valence electrons. The highest BCUT2D eigenvalue weighted by molar-refractivity contribution is 5.87. The Morgan fingerprint density at radius 3 is 2.93 bits per heavy atom. The zero-order valence-corrected chi connectivity index (χ0v) is 8.91. The van der Waals surface area contributed by atoms with Crippen molar-refractivity contribution >= 4 is 5.97 Å². The molecule has 2 unspecified atom stereocenters. The van der Waals surface area contributed by atoms with Gasteiger partial charge in [0.2, 0.25) is 0 Å². The first-order chi connectivity index (χ1) is 6.63. The van der Waals surface area contributed by atoms with Crippen molar-refractivity contribution in [1.29, 1.82) is 0 Å². The molecule has 1 aliphatic heterocycles. The van der Waals surface area contributed by atoms with Crippen LogP contribution in [-0.4, -0.2) is 24.8 Å². The van der Waals surface area contributed by atoms with E-state index in [1.54, 1.807) is 0 Å². The van der Waals surface area contributed by atoms with E-state index in [2.05, 4.69) is 13.5 Å². The quantitative estimate of drug-likeness (QED) is 0.478. The number of cyclic esters (lactones) is 1. The van der Waals surface area contributed by atoms with Crippen molar-refractivity contribution in [2.75, 3.05) is 6.61 Å². The first kappa shape index (κ1) is 11.2. The zero-order valence-electron chi connectivity index (χ0n) is 8.91. The second-order valence-electron chi connectivity index (χ2n) is 3.72. The van der Waals surface area contributed by atoms with Crippen molar-refractivity contribution in [2.45, 2.75) is 45.3 Å². The lowest BCUT2D eigenvalue weighted by atomic mass is 10.1. The van der Waals surface area contributed by atoms with Gasteiger partial charge in [0.1, 0.15) is 6.10 Å². The molecule has 0 aromatic carbocycles. The van der Waals surface area contributed by atoms with Crippen molar-refractivity contribution in [3.05, 3.63) is 12.2 Å². The number of ether oxygens (including phenoxy) is 2. The van der Waals surface area contributed by atoms with Crippen molar-refractivity contribution in [3.8, 4) is 0 Å². The summed E-state index contributed by atoms with van der Waals surface area (Å²) in [5.41, 5.74) is 0.556.